The molecule has 2 heterocycles. The first-order valence-electron chi connectivity index (χ1n) is 8.10. The lowest BCUT2D eigenvalue weighted by Crippen LogP contribution is -2.43. The van der Waals surface area contributed by atoms with Gasteiger partial charge in [-0.3, -0.25) is 14.6 Å². The van der Waals surface area contributed by atoms with Gasteiger partial charge in [-0.1, -0.05) is 6.07 Å². The summed E-state index contributed by atoms with van der Waals surface area (Å²) in [6.07, 6.45) is 3.00. The van der Waals surface area contributed by atoms with Crippen LogP contribution in [-0.4, -0.2) is 41.5 Å². The zero-order valence-electron chi connectivity index (χ0n) is 13.5. The van der Waals surface area contributed by atoms with Gasteiger partial charge in [0, 0.05) is 24.7 Å². The van der Waals surface area contributed by atoms with Crippen LogP contribution in [-0.2, 0) is 9.53 Å². The molecule has 126 valence electrons. The Hall–Kier alpha value is -2.50. The van der Waals surface area contributed by atoms with Crippen molar-refractivity contribution in [1.29, 1.82) is 0 Å². The van der Waals surface area contributed by atoms with E-state index in [0.29, 0.717) is 37.0 Å². The highest BCUT2D eigenvalue weighted by atomic mass is 19.1. The maximum Gasteiger partial charge on any atom is 0.310 e. The summed E-state index contributed by atoms with van der Waals surface area (Å²) in [5.41, 5.74) is 0.706. The van der Waals surface area contributed by atoms with Crippen LogP contribution in [0, 0.1) is 11.7 Å². The van der Waals surface area contributed by atoms with Crippen molar-refractivity contribution >= 4 is 22.8 Å². The number of nitrogens with zero attached hydrogens (tertiary/aromatic N) is 2. The molecule has 1 atom stereocenters. The lowest BCUT2D eigenvalue weighted by Gasteiger charge is -2.31. The molecule has 0 unspecified atom stereocenters. The third-order valence-corrected chi connectivity index (χ3v) is 4.23. The van der Waals surface area contributed by atoms with Crippen LogP contribution in [0.2, 0.25) is 0 Å². The molecule has 1 aliphatic heterocycles. The number of aromatic nitrogens is 1. The number of hydrogen-bond donors (Lipinski definition) is 0. The number of carbonyl (C=O) groups is 2. The van der Waals surface area contributed by atoms with E-state index < -0.39 is 5.82 Å². The van der Waals surface area contributed by atoms with E-state index in [-0.39, 0.29) is 23.4 Å². The number of halogens is 1. The molecule has 0 saturated carbocycles. The lowest BCUT2D eigenvalue weighted by molar-refractivity contribution is -0.149. The molecule has 0 bridgehead atoms. The fourth-order valence-electron chi connectivity index (χ4n) is 3.10. The highest BCUT2D eigenvalue weighted by Crippen LogP contribution is 2.24. The van der Waals surface area contributed by atoms with Crippen molar-refractivity contribution in [2.45, 2.75) is 19.8 Å². The third kappa shape index (κ3) is 3.22. The molecule has 5 nitrogen and oxygen atoms in total. The average Bonchev–Trinajstić information content (AvgIpc) is 2.60. The normalized spacial score (nSPS) is 17.8. The molecule has 6 heteroatoms. The molecule has 0 spiro atoms. The van der Waals surface area contributed by atoms with Gasteiger partial charge in [0.25, 0.3) is 5.91 Å². The zero-order chi connectivity index (χ0) is 17.1. The molecule has 1 amide bonds. The van der Waals surface area contributed by atoms with Gasteiger partial charge in [-0.15, -0.1) is 0 Å². The highest BCUT2D eigenvalue weighted by molar-refractivity contribution is 6.05. The Labute approximate surface area is 139 Å². The van der Waals surface area contributed by atoms with E-state index in [2.05, 4.69) is 4.98 Å². The first-order valence-corrected chi connectivity index (χ1v) is 8.10. The van der Waals surface area contributed by atoms with E-state index >= 15 is 0 Å². The second-order valence-corrected chi connectivity index (χ2v) is 5.87. The van der Waals surface area contributed by atoms with Crippen LogP contribution in [0.5, 0.6) is 0 Å². The summed E-state index contributed by atoms with van der Waals surface area (Å²) in [4.78, 5) is 30.6. The number of piperidine rings is 1. The average molecular weight is 330 g/mol. The Morgan fingerprint density at radius 2 is 2.25 bits per heavy atom. The summed E-state index contributed by atoms with van der Waals surface area (Å²) in [5, 5.41) is 0.583. The number of benzene rings is 1. The molecule has 1 aromatic carbocycles. The molecule has 0 N–H and O–H groups in total. The molecular weight excluding hydrogens is 311 g/mol. The molecule has 0 aliphatic carbocycles. The Morgan fingerprint density at radius 1 is 1.42 bits per heavy atom. The Morgan fingerprint density at radius 3 is 3.04 bits per heavy atom. The SMILES string of the molecule is CCOC(=O)[C@@H]1CCCN(C(=O)c2cc(F)cc3cccnc23)C1. The maximum atomic E-state index is 13.9. The molecule has 0 radical (unpaired) electrons. The van der Waals surface area contributed by atoms with Crippen molar-refractivity contribution in [2.24, 2.45) is 5.92 Å². The Kier molecular flexibility index (Phi) is 4.74. The zero-order valence-corrected chi connectivity index (χ0v) is 13.5. The molecule has 3 rings (SSSR count). The van der Waals surface area contributed by atoms with Gasteiger partial charge >= 0.3 is 5.97 Å². The van der Waals surface area contributed by atoms with Gasteiger partial charge in [-0.25, -0.2) is 4.39 Å². The van der Waals surface area contributed by atoms with E-state index in [4.69, 9.17) is 4.74 Å². The number of pyridine rings is 1. The second kappa shape index (κ2) is 6.95. The highest BCUT2D eigenvalue weighted by Gasteiger charge is 2.30. The predicted molar refractivity (Wildman–Crippen MR) is 87.0 cm³/mol. The summed E-state index contributed by atoms with van der Waals surface area (Å²) in [7, 11) is 0. The fraction of sp³-hybridized carbons (Fsp3) is 0.389. The standard InChI is InChI=1S/C18H19FN2O3/c1-2-24-18(23)13-6-4-8-21(11-13)17(22)15-10-14(19)9-12-5-3-7-20-16(12)15/h3,5,7,9-10,13H,2,4,6,8,11H2,1H3/t13-/m1/s1. The van der Waals surface area contributed by atoms with Crippen LogP contribution in [0.3, 0.4) is 0 Å². The van der Waals surface area contributed by atoms with E-state index in [9.17, 15) is 14.0 Å². The van der Waals surface area contributed by atoms with Gasteiger partial charge in [0.1, 0.15) is 5.82 Å². The van der Waals surface area contributed by atoms with Crippen molar-refractivity contribution in [3.63, 3.8) is 0 Å². The van der Waals surface area contributed by atoms with Crippen molar-refractivity contribution in [3.8, 4) is 0 Å². The van der Waals surface area contributed by atoms with Crippen LogP contribution in [0.1, 0.15) is 30.1 Å². The smallest absolute Gasteiger partial charge is 0.310 e. The van der Waals surface area contributed by atoms with Gasteiger partial charge in [0.2, 0.25) is 0 Å². The monoisotopic (exact) mass is 330 g/mol. The minimum atomic E-state index is -0.474. The van der Waals surface area contributed by atoms with E-state index in [1.54, 1.807) is 30.2 Å². The molecule has 2 aromatic rings. The van der Waals surface area contributed by atoms with Crippen LogP contribution in [0.4, 0.5) is 4.39 Å². The van der Waals surface area contributed by atoms with Gasteiger partial charge in [-0.05, 0) is 38.0 Å². The number of amides is 1. The van der Waals surface area contributed by atoms with Crippen LogP contribution < -0.4 is 0 Å². The van der Waals surface area contributed by atoms with Crippen LogP contribution in [0.25, 0.3) is 10.9 Å². The number of esters is 1. The van der Waals surface area contributed by atoms with Crippen LogP contribution >= 0.6 is 0 Å². The summed E-state index contributed by atoms with van der Waals surface area (Å²) in [6.45, 7) is 2.91. The van der Waals surface area contributed by atoms with Crippen molar-refractivity contribution in [3.05, 3.63) is 41.8 Å². The summed E-state index contributed by atoms with van der Waals surface area (Å²) in [6, 6.07) is 6.00. The summed E-state index contributed by atoms with van der Waals surface area (Å²) < 4.78 is 18.9. The van der Waals surface area contributed by atoms with Crippen molar-refractivity contribution in [1.82, 2.24) is 9.88 Å². The molecule has 24 heavy (non-hydrogen) atoms. The second-order valence-electron chi connectivity index (χ2n) is 5.87. The topological polar surface area (TPSA) is 59.5 Å². The molecule has 1 aliphatic rings. The largest absolute Gasteiger partial charge is 0.466 e. The molecular formula is C18H19FN2O3. The van der Waals surface area contributed by atoms with Crippen LogP contribution in [0.15, 0.2) is 30.5 Å². The number of ether oxygens (including phenoxy) is 1. The van der Waals surface area contributed by atoms with E-state index in [1.165, 1.54) is 12.1 Å². The summed E-state index contributed by atoms with van der Waals surface area (Å²) >= 11 is 0. The predicted octanol–water partition coefficient (Wildman–Crippen LogP) is 2.79. The van der Waals surface area contributed by atoms with Crippen molar-refractivity contribution in [2.75, 3.05) is 19.7 Å². The third-order valence-electron chi connectivity index (χ3n) is 4.23. The van der Waals surface area contributed by atoms with Gasteiger partial charge in [0.05, 0.1) is 23.6 Å². The minimum absolute atomic E-state index is 0.232. The first kappa shape index (κ1) is 16.4. The van der Waals surface area contributed by atoms with Gasteiger partial charge in [0.15, 0.2) is 0 Å². The number of carbonyl (C=O) groups excluding carboxylic acids is 2. The minimum Gasteiger partial charge on any atom is -0.466 e. The first-order chi connectivity index (χ1) is 11.6. The maximum absolute atomic E-state index is 13.9. The number of hydrogen-bond acceptors (Lipinski definition) is 4. The number of fused-ring (bicyclic) bond motifs is 1. The van der Waals surface area contributed by atoms with E-state index in [0.717, 1.165) is 6.42 Å². The van der Waals surface area contributed by atoms with Crippen molar-refractivity contribution < 1.29 is 18.7 Å². The van der Waals surface area contributed by atoms with Gasteiger partial charge in [-0.2, -0.15) is 0 Å². The molecule has 1 fully saturated rings. The number of likely N-dealkylation sites (tertiary alicyclic amines) is 1. The quantitative estimate of drug-likeness (QED) is 0.812. The summed E-state index contributed by atoms with van der Waals surface area (Å²) in [5.74, 6) is -1.38. The Balaban J connectivity index is 1.88. The molecule has 1 aromatic heterocycles. The Bertz CT molecular complexity index is 778. The van der Waals surface area contributed by atoms with Gasteiger partial charge < -0.3 is 9.64 Å². The molecule has 1 saturated heterocycles. The number of rotatable bonds is 3. The fourth-order valence-corrected chi connectivity index (χ4v) is 3.10. The van der Waals surface area contributed by atoms with E-state index in [1.807, 2.05) is 0 Å². The lowest BCUT2D eigenvalue weighted by atomic mass is 9.97.